The molecule has 2 heterocycles. The minimum atomic E-state index is -0.490. The molecule has 2 atom stereocenters. The SMILES string of the molecule is COC(=O)NCCCc1nc(C(C)N(C(=O)[C@H]2CNCCO2)C2CC2)nn1-c1cccc(Cl)c1. The van der Waals surface area contributed by atoms with Crippen molar-refractivity contribution in [3.63, 3.8) is 0 Å². The Morgan fingerprint density at radius 2 is 2.24 bits per heavy atom. The van der Waals surface area contributed by atoms with E-state index >= 15 is 0 Å². The molecule has 1 aromatic heterocycles. The van der Waals surface area contributed by atoms with E-state index in [1.54, 1.807) is 10.7 Å². The van der Waals surface area contributed by atoms with Crippen molar-refractivity contribution >= 4 is 23.6 Å². The third kappa shape index (κ3) is 5.86. The summed E-state index contributed by atoms with van der Waals surface area (Å²) in [5, 5.41) is 11.3. The van der Waals surface area contributed by atoms with Crippen LogP contribution in [0.5, 0.6) is 0 Å². The quantitative estimate of drug-likeness (QED) is 0.518. The Balaban J connectivity index is 1.57. The number of nitrogens with zero attached hydrogens (tertiary/aromatic N) is 4. The predicted octanol–water partition coefficient (Wildman–Crippen LogP) is 2.25. The molecule has 2 aromatic rings. The zero-order valence-electron chi connectivity index (χ0n) is 19.5. The van der Waals surface area contributed by atoms with Gasteiger partial charge in [0.05, 0.1) is 25.4 Å². The standard InChI is InChI=1S/C23H31ClN6O4/c1-15(29(17-8-9-17)22(31)19-14-25-11-12-34-19)21-27-20(7-4-10-26-23(32)33-2)30(28-21)18-6-3-5-16(24)13-18/h3,5-6,13,15,17,19,25H,4,7-12,14H2,1-2H3,(H,26,32)/t15?,19-/m1/s1. The molecule has 0 radical (unpaired) electrons. The maximum atomic E-state index is 13.3. The van der Waals surface area contributed by atoms with Crippen LogP contribution >= 0.6 is 11.6 Å². The molecular formula is C23H31ClN6O4. The molecule has 10 nitrogen and oxygen atoms in total. The summed E-state index contributed by atoms with van der Waals surface area (Å²) in [6.07, 6.45) is 2.20. The van der Waals surface area contributed by atoms with Crippen molar-refractivity contribution in [1.82, 2.24) is 30.3 Å². The Labute approximate surface area is 203 Å². The zero-order chi connectivity index (χ0) is 24.1. The number of methoxy groups -OCH3 is 1. The number of carbonyl (C=O) groups excluding carboxylic acids is 2. The van der Waals surface area contributed by atoms with Crippen molar-refractivity contribution in [1.29, 1.82) is 0 Å². The third-order valence-corrected chi connectivity index (χ3v) is 6.20. The molecule has 2 amide bonds. The molecule has 0 bridgehead atoms. The van der Waals surface area contributed by atoms with Crippen molar-refractivity contribution < 1.29 is 19.1 Å². The second kappa shape index (κ2) is 11.2. The Morgan fingerprint density at radius 1 is 1.41 bits per heavy atom. The van der Waals surface area contributed by atoms with Crippen LogP contribution in [0.25, 0.3) is 5.69 Å². The lowest BCUT2D eigenvalue weighted by molar-refractivity contribution is -0.148. The van der Waals surface area contributed by atoms with Crippen molar-refractivity contribution in [3.05, 3.63) is 40.9 Å². The van der Waals surface area contributed by atoms with E-state index in [1.807, 2.05) is 30.0 Å². The Kier molecular flexibility index (Phi) is 8.02. The fraction of sp³-hybridized carbons (Fsp3) is 0.565. The number of carbonyl (C=O) groups is 2. The van der Waals surface area contributed by atoms with E-state index in [-0.39, 0.29) is 18.0 Å². The highest BCUT2D eigenvalue weighted by molar-refractivity contribution is 6.30. The highest BCUT2D eigenvalue weighted by atomic mass is 35.5. The molecule has 1 saturated heterocycles. The molecule has 184 valence electrons. The Morgan fingerprint density at radius 3 is 2.91 bits per heavy atom. The van der Waals surface area contributed by atoms with E-state index in [1.165, 1.54) is 7.11 Å². The minimum Gasteiger partial charge on any atom is -0.453 e. The number of aromatic nitrogens is 3. The molecule has 4 rings (SSSR count). The number of hydrogen-bond acceptors (Lipinski definition) is 7. The number of rotatable bonds is 9. The maximum absolute atomic E-state index is 13.3. The van der Waals surface area contributed by atoms with Gasteiger partial charge >= 0.3 is 6.09 Å². The first-order valence-electron chi connectivity index (χ1n) is 11.7. The maximum Gasteiger partial charge on any atom is 0.406 e. The lowest BCUT2D eigenvalue weighted by Gasteiger charge is -2.33. The number of benzene rings is 1. The normalized spacial score (nSPS) is 18.9. The van der Waals surface area contributed by atoms with Crippen LogP contribution in [0.3, 0.4) is 0 Å². The van der Waals surface area contributed by atoms with Crippen LogP contribution in [0.1, 0.15) is 43.9 Å². The van der Waals surface area contributed by atoms with Gasteiger partial charge in [-0.1, -0.05) is 17.7 Å². The van der Waals surface area contributed by atoms with Crippen LogP contribution in [-0.4, -0.2) is 77.2 Å². The fourth-order valence-corrected chi connectivity index (χ4v) is 4.26. The van der Waals surface area contributed by atoms with Gasteiger partial charge in [-0.3, -0.25) is 4.79 Å². The summed E-state index contributed by atoms with van der Waals surface area (Å²) in [5.74, 6) is 1.28. The second-order valence-electron chi connectivity index (χ2n) is 8.52. The summed E-state index contributed by atoms with van der Waals surface area (Å²) in [6.45, 7) is 4.19. The molecule has 11 heteroatoms. The molecule has 1 unspecified atom stereocenters. The van der Waals surface area contributed by atoms with Crippen LogP contribution in [-0.2, 0) is 20.7 Å². The monoisotopic (exact) mass is 490 g/mol. The van der Waals surface area contributed by atoms with Gasteiger partial charge in [-0.15, -0.1) is 5.10 Å². The summed E-state index contributed by atoms with van der Waals surface area (Å²) in [5.41, 5.74) is 0.790. The summed E-state index contributed by atoms with van der Waals surface area (Å²) >= 11 is 6.23. The molecule has 1 aliphatic heterocycles. The highest BCUT2D eigenvalue weighted by Gasteiger charge is 2.41. The summed E-state index contributed by atoms with van der Waals surface area (Å²) in [7, 11) is 1.33. The van der Waals surface area contributed by atoms with Gasteiger partial charge in [0, 0.05) is 37.1 Å². The third-order valence-electron chi connectivity index (χ3n) is 5.96. The number of halogens is 1. The van der Waals surface area contributed by atoms with Gasteiger partial charge in [0.15, 0.2) is 5.82 Å². The molecule has 1 aromatic carbocycles. The predicted molar refractivity (Wildman–Crippen MR) is 126 cm³/mol. The van der Waals surface area contributed by atoms with Crippen molar-refractivity contribution in [2.24, 2.45) is 0 Å². The lowest BCUT2D eigenvalue weighted by atomic mass is 10.2. The number of aryl methyl sites for hydroxylation is 1. The average Bonchev–Trinajstić information content (AvgIpc) is 3.59. The van der Waals surface area contributed by atoms with Crippen molar-refractivity contribution in [2.45, 2.75) is 50.8 Å². The van der Waals surface area contributed by atoms with E-state index in [2.05, 4.69) is 15.4 Å². The van der Waals surface area contributed by atoms with Crippen molar-refractivity contribution in [2.75, 3.05) is 33.4 Å². The first-order valence-corrected chi connectivity index (χ1v) is 12.0. The number of hydrogen-bond donors (Lipinski definition) is 2. The van der Waals surface area contributed by atoms with Gasteiger partial charge < -0.3 is 25.0 Å². The lowest BCUT2D eigenvalue weighted by Crippen LogP contribution is -2.50. The second-order valence-corrected chi connectivity index (χ2v) is 8.95. The smallest absolute Gasteiger partial charge is 0.406 e. The highest BCUT2D eigenvalue weighted by Crippen LogP contribution is 2.35. The first-order chi connectivity index (χ1) is 16.5. The summed E-state index contributed by atoms with van der Waals surface area (Å²) < 4.78 is 12.1. The van der Waals surface area contributed by atoms with Crippen molar-refractivity contribution in [3.8, 4) is 5.69 Å². The molecule has 34 heavy (non-hydrogen) atoms. The number of nitrogens with one attached hydrogen (secondary N) is 2. The molecule has 2 N–H and O–H groups in total. The van der Waals surface area contributed by atoms with Crippen LogP contribution in [0.4, 0.5) is 4.79 Å². The summed E-state index contributed by atoms with van der Waals surface area (Å²) in [6, 6.07) is 7.27. The van der Waals surface area contributed by atoms with Crippen LogP contribution < -0.4 is 10.6 Å². The van der Waals surface area contributed by atoms with E-state index in [4.69, 9.17) is 26.4 Å². The van der Waals surface area contributed by atoms with Gasteiger partial charge in [0.2, 0.25) is 0 Å². The molecule has 1 aliphatic carbocycles. The van der Waals surface area contributed by atoms with Crippen LogP contribution in [0.15, 0.2) is 24.3 Å². The fourth-order valence-electron chi connectivity index (χ4n) is 4.08. The summed E-state index contributed by atoms with van der Waals surface area (Å²) in [4.78, 5) is 31.4. The van der Waals surface area contributed by atoms with E-state index in [0.717, 1.165) is 30.9 Å². The molecule has 2 fully saturated rings. The Hall–Kier alpha value is -2.69. The van der Waals surface area contributed by atoms with Crippen LogP contribution in [0, 0.1) is 0 Å². The number of morpholine rings is 1. The Bertz CT molecular complexity index is 1010. The minimum absolute atomic E-state index is 0.0230. The average molecular weight is 491 g/mol. The first kappa shape index (κ1) is 24.4. The topological polar surface area (TPSA) is 111 Å². The van der Waals surface area contributed by atoms with Gasteiger partial charge in [-0.25, -0.2) is 14.5 Å². The van der Waals surface area contributed by atoms with Gasteiger partial charge in [-0.2, -0.15) is 0 Å². The van der Waals surface area contributed by atoms with E-state index < -0.39 is 12.2 Å². The number of amides is 2. The largest absolute Gasteiger partial charge is 0.453 e. The molecular weight excluding hydrogens is 460 g/mol. The van der Waals surface area contributed by atoms with Gasteiger partial charge in [-0.05, 0) is 44.4 Å². The number of ether oxygens (including phenoxy) is 2. The van der Waals surface area contributed by atoms with Gasteiger partial charge in [0.1, 0.15) is 11.9 Å². The van der Waals surface area contributed by atoms with E-state index in [0.29, 0.717) is 43.4 Å². The molecule has 2 aliphatic rings. The zero-order valence-corrected chi connectivity index (χ0v) is 20.3. The number of alkyl carbamates (subject to hydrolysis) is 1. The molecule has 1 saturated carbocycles. The van der Waals surface area contributed by atoms with Crippen LogP contribution in [0.2, 0.25) is 5.02 Å². The molecule has 0 spiro atoms. The van der Waals surface area contributed by atoms with Gasteiger partial charge in [0.25, 0.3) is 5.91 Å². The van der Waals surface area contributed by atoms with E-state index in [9.17, 15) is 9.59 Å².